The molecule has 0 atom stereocenters. The number of aromatic nitrogens is 1. The van der Waals surface area contributed by atoms with Gasteiger partial charge in [-0.3, -0.25) is 9.36 Å². The van der Waals surface area contributed by atoms with Crippen LogP contribution < -0.4 is 20.5 Å². The molecule has 0 aliphatic heterocycles. The van der Waals surface area contributed by atoms with Crippen molar-refractivity contribution in [3.63, 3.8) is 0 Å². The van der Waals surface area contributed by atoms with E-state index in [-0.39, 0.29) is 5.91 Å². The van der Waals surface area contributed by atoms with E-state index in [0.29, 0.717) is 38.1 Å². The molecule has 2 aromatic carbocycles. The van der Waals surface area contributed by atoms with E-state index < -0.39 is 5.76 Å². The average molecular weight is 370 g/mol. The topological polar surface area (TPSA) is 82.7 Å². The summed E-state index contributed by atoms with van der Waals surface area (Å²) in [5.41, 5.74) is 1.30. The fraction of sp³-hybridized carbons (Fsp3) is 0.300. The molecule has 0 spiro atoms. The Morgan fingerprint density at radius 2 is 1.85 bits per heavy atom. The summed E-state index contributed by atoms with van der Waals surface area (Å²) >= 11 is 0. The third kappa shape index (κ3) is 4.91. The van der Waals surface area contributed by atoms with Gasteiger partial charge in [-0.15, -0.1) is 0 Å². The van der Waals surface area contributed by atoms with E-state index in [0.717, 1.165) is 17.0 Å². The first kappa shape index (κ1) is 18.6. The number of hydrogen-bond donors (Lipinski definition) is 1. The van der Waals surface area contributed by atoms with Crippen molar-refractivity contribution in [3.8, 4) is 11.5 Å². The second kappa shape index (κ2) is 8.93. The second-order valence-corrected chi connectivity index (χ2v) is 5.96. The number of carbonyl (C=O) groups is 1. The zero-order valence-corrected chi connectivity index (χ0v) is 15.1. The van der Waals surface area contributed by atoms with Gasteiger partial charge in [0.05, 0.1) is 19.2 Å². The molecule has 1 N–H and O–H groups in total. The zero-order valence-electron chi connectivity index (χ0n) is 15.1. The molecule has 1 aromatic heterocycles. The van der Waals surface area contributed by atoms with Crippen molar-refractivity contribution >= 4 is 17.0 Å². The van der Waals surface area contributed by atoms with Gasteiger partial charge < -0.3 is 19.2 Å². The van der Waals surface area contributed by atoms with Crippen molar-refractivity contribution < 1.29 is 18.7 Å². The zero-order chi connectivity index (χ0) is 19.1. The van der Waals surface area contributed by atoms with Crippen molar-refractivity contribution in [2.75, 3.05) is 20.3 Å². The lowest BCUT2D eigenvalue weighted by Gasteiger charge is -2.08. The van der Waals surface area contributed by atoms with E-state index in [9.17, 15) is 9.59 Å². The van der Waals surface area contributed by atoms with Gasteiger partial charge in [0, 0.05) is 13.0 Å². The van der Waals surface area contributed by atoms with Gasteiger partial charge in [0.1, 0.15) is 18.1 Å². The van der Waals surface area contributed by atoms with Gasteiger partial charge in [-0.05, 0) is 42.8 Å². The number of carbonyl (C=O) groups excluding carboxylic acids is 1. The Hall–Kier alpha value is -3.22. The maximum atomic E-state index is 11.9. The SMILES string of the molecule is COc1ccc(OCCNC(=O)CCCn2c(=O)oc3ccccc32)cc1. The molecule has 27 heavy (non-hydrogen) atoms. The molecule has 3 rings (SSSR count). The van der Waals surface area contributed by atoms with Gasteiger partial charge in [-0.1, -0.05) is 12.1 Å². The van der Waals surface area contributed by atoms with Crippen LogP contribution in [0.25, 0.3) is 11.1 Å². The Labute approximate surface area is 156 Å². The summed E-state index contributed by atoms with van der Waals surface area (Å²) < 4.78 is 17.4. The molecule has 0 bridgehead atoms. The minimum Gasteiger partial charge on any atom is -0.497 e. The van der Waals surface area contributed by atoms with Gasteiger partial charge in [0.2, 0.25) is 5.91 Å². The number of amides is 1. The molecular weight excluding hydrogens is 348 g/mol. The van der Waals surface area contributed by atoms with Crippen LogP contribution in [-0.4, -0.2) is 30.7 Å². The number of fused-ring (bicyclic) bond motifs is 1. The van der Waals surface area contributed by atoms with Crippen molar-refractivity contribution in [3.05, 3.63) is 59.1 Å². The Morgan fingerprint density at radius 1 is 1.11 bits per heavy atom. The molecule has 0 unspecified atom stereocenters. The molecule has 3 aromatic rings. The van der Waals surface area contributed by atoms with E-state index >= 15 is 0 Å². The largest absolute Gasteiger partial charge is 0.497 e. The maximum Gasteiger partial charge on any atom is 0.419 e. The molecule has 1 heterocycles. The number of hydrogen-bond acceptors (Lipinski definition) is 5. The molecule has 0 aliphatic rings. The average Bonchev–Trinajstić information content (AvgIpc) is 3.01. The van der Waals surface area contributed by atoms with Crippen LogP contribution in [0.3, 0.4) is 0 Å². The van der Waals surface area contributed by atoms with E-state index in [1.165, 1.54) is 0 Å². The molecule has 0 radical (unpaired) electrons. The molecule has 0 fully saturated rings. The van der Waals surface area contributed by atoms with Crippen LogP contribution >= 0.6 is 0 Å². The van der Waals surface area contributed by atoms with E-state index in [2.05, 4.69) is 5.32 Å². The summed E-state index contributed by atoms with van der Waals surface area (Å²) in [5.74, 6) is 1.01. The highest BCUT2D eigenvalue weighted by atomic mass is 16.5. The van der Waals surface area contributed by atoms with Gasteiger partial charge in [0.25, 0.3) is 0 Å². The normalized spacial score (nSPS) is 10.7. The third-order valence-electron chi connectivity index (χ3n) is 4.11. The number of rotatable bonds is 9. The molecule has 7 heteroatoms. The van der Waals surface area contributed by atoms with Gasteiger partial charge in [-0.2, -0.15) is 0 Å². The highest BCUT2D eigenvalue weighted by Gasteiger charge is 2.09. The molecule has 1 amide bonds. The monoisotopic (exact) mass is 370 g/mol. The summed E-state index contributed by atoms with van der Waals surface area (Å²) in [6.07, 6.45) is 0.878. The Bertz CT molecular complexity index is 943. The molecule has 0 saturated carbocycles. The molecular formula is C20H22N2O5. The molecule has 0 aliphatic carbocycles. The van der Waals surface area contributed by atoms with Gasteiger partial charge >= 0.3 is 5.76 Å². The Morgan fingerprint density at radius 3 is 2.63 bits per heavy atom. The lowest BCUT2D eigenvalue weighted by Crippen LogP contribution is -2.28. The first-order valence-electron chi connectivity index (χ1n) is 8.79. The van der Waals surface area contributed by atoms with Crippen LogP contribution in [0.4, 0.5) is 0 Å². The quantitative estimate of drug-likeness (QED) is 0.586. The predicted molar refractivity (Wildman–Crippen MR) is 101 cm³/mol. The number of oxazole rings is 1. The van der Waals surface area contributed by atoms with Crippen molar-refractivity contribution in [1.29, 1.82) is 0 Å². The number of para-hydroxylation sites is 2. The van der Waals surface area contributed by atoms with E-state index in [1.54, 1.807) is 17.7 Å². The minimum atomic E-state index is -0.399. The first-order valence-corrected chi connectivity index (χ1v) is 8.79. The maximum absolute atomic E-state index is 11.9. The third-order valence-corrected chi connectivity index (χ3v) is 4.11. The molecule has 142 valence electrons. The number of aryl methyl sites for hydroxylation is 1. The Kier molecular flexibility index (Phi) is 6.14. The van der Waals surface area contributed by atoms with Crippen molar-refractivity contribution in [2.24, 2.45) is 0 Å². The van der Waals surface area contributed by atoms with Crippen LogP contribution in [-0.2, 0) is 11.3 Å². The van der Waals surface area contributed by atoms with E-state index in [1.807, 2.05) is 42.5 Å². The second-order valence-electron chi connectivity index (χ2n) is 5.96. The summed E-state index contributed by atoms with van der Waals surface area (Å²) in [7, 11) is 1.61. The van der Waals surface area contributed by atoms with Crippen LogP contribution in [0.5, 0.6) is 11.5 Å². The van der Waals surface area contributed by atoms with Gasteiger partial charge in [0.15, 0.2) is 5.58 Å². The van der Waals surface area contributed by atoms with Crippen molar-refractivity contribution in [2.45, 2.75) is 19.4 Å². The summed E-state index contributed by atoms with van der Waals surface area (Å²) in [6.45, 7) is 1.23. The lowest BCUT2D eigenvalue weighted by molar-refractivity contribution is -0.121. The number of benzene rings is 2. The summed E-state index contributed by atoms with van der Waals surface area (Å²) in [6, 6.07) is 14.5. The smallest absolute Gasteiger partial charge is 0.419 e. The summed E-state index contributed by atoms with van der Waals surface area (Å²) in [5, 5.41) is 2.81. The van der Waals surface area contributed by atoms with Crippen LogP contribution in [0, 0.1) is 0 Å². The lowest BCUT2D eigenvalue weighted by atomic mass is 10.2. The number of methoxy groups -OCH3 is 1. The van der Waals surface area contributed by atoms with Crippen LogP contribution in [0.15, 0.2) is 57.7 Å². The molecule has 0 saturated heterocycles. The van der Waals surface area contributed by atoms with E-state index in [4.69, 9.17) is 13.9 Å². The highest BCUT2D eigenvalue weighted by molar-refractivity contribution is 5.76. The van der Waals surface area contributed by atoms with Crippen molar-refractivity contribution in [1.82, 2.24) is 9.88 Å². The predicted octanol–water partition coefficient (Wildman–Crippen LogP) is 2.58. The fourth-order valence-corrected chi connectivity index (χ4v) is 2.74. The fourth-order valence-electron chi connectivity index (χ4n) is 2.74. The standard InChI is InChI=1S/C20H22N2O5/c1-25-15-8-10-16(11-9-15)26-14-12-21-19(23)7-4-13-22-17-5-2-3-6-18(17)27-20(22)24/h2-3,5-6,8-11H,4,7,12-14H2,1H3,(H,21,23). The first-order chi connectivity index (χ1) is 13.2. The number of nitrogens with zero attached hydrogens (tertiary/aromatic N) is 1. The van der Waals surface area contributed by atoms with Gasteiger partial charge in [-0.25, -0.2) is 4.79 Å². The Balaban J connectivity index is 1.37. The van der Waals surface area contributed by atoms with Crippen LogP contribution in [0.2, 0.25) is 0 Å². The number of ether oxygens (including phenoxy) is 2. The molecule has 7 nitrogen and oxygen atoms in total. The number of nitrogens with one attached hydrogen (secondary N) is 1. The van der Waals surface area contributed by atoms with Crippen LogP contribution in [0.1, 0.15) is 12.8 Å². The summed E-state index contributed by atoms with van der Waals surface area (Å²) in [4.78, 5) is 23.8. The minimum absolute atomic E-state index is 0.0748. The highest BCUT2D eigenvalue weighted by Crippen LogP contribution is 2.16.